The van der Waals surface area contributed by atoms with E-state index < -0.39 is 0 Å². The van der Waals surface area contributed by atoms with Crippen molar-refractivity contribution in [3.05, 3.63) is 82.6 Å². The molecule has 1 atom stereocenters. The van der Waals surface area contributed by atoms with Gasteiger partial charge in [-0.05, 0) is 39.6 Å². The molecule has 7 nitrogen and oxygen atoms in total. The number of anilines is 1. The van der Waals surface area contributed by atoms with Gasteiger partial charge in [0.2, 0.25) is 11.1 Å². The van der Waals surface area contributed by atoms with Crippen molar-refractivity contribution in [2.24, 2.45) is 0 Å². The SMILES string of the molecule is O=C(CSc1nnnn1Cc1cccs1)N1c2ccccc2OC[C@@H]1c1ccccc1. The third-order valence-electron chi connectivity index (χ3n) is 5.00. The summed E-state index contributed by atoms with van der Waals surface area (Å²) in [4.78, 5) is 16.4. The Morgan fingerprint density at radius 1 is 1.10 bits per heavy atom. The summed E-state index contributed by atoms with van der Waals surface area (Å²) in [6.07, 6.45) is 0. The molecule has 2 aromatic heterocycles. The summed E-state index contributed by atoms with van der Waals surface area (Å²) in [7, 11) is 0. The molecule has 0 N–H and O–H groups in total. The highest BCUT2D eigenvalue weighted by atomic mass is 32.2. The van der Waals surface area contributed by atoms with Crippen molar-refractivity contribution in [3.63, 3.8) is 0 Å². The number of hydrogen-bond acceptors (Lipinski definition) is 7. The molecule has 4 aromatic rings. The molecule has 5 rings (SSSR count). The molecule has 31 heavy (non-hydrogen) atoms. The first kappa shape index (κ1) is 19.8. The molecule has 0 aliphatic carbocycles. The van der Waals surface area contributed by atoms with E-state index in [0.717, 1.165) is 21.9 Å². The Morgan fingerprint density at radius 3 is 2.77 bits per heavy atom. The average molecular weight is 450 g/mol. The number of aromatic nitrogens is 4. The van der Waals surface area contributed by atoms with E-state index >= 15 is 0 Å². The molecule has 0 fully saturated rings. The van der Waals surface area contributed by atoms with Crippen molar-refractivity contribution >= 4 is 34.7 Å². The number of hydrogen-bond donors (Lipinski definition) is 0. The van der Waals surface area contributed by atoms with E-state index in [-0.39, 0.29) is 17.7 Å². The Kier molecular flexibility index (Phi) is 5.68. The summed E-state index contributed by atoms with van der Waals surface area (Å²) in [5.74, 6) is 0.929. The van der Waals surface area contributed by atoms with Gasteiger partial charge in [-0.3, -0.25) is 9.69 Å². The zero-order valence-corrected chi connectivity index (χ0v) is 18.1. The number of benzene rings is 2. The van der Waals surface area contributed by atoms with Crippen molar-refractivity contribution < 1.29 is 9.53 Å². The number of thioether (sulfide) groups is 1. The molecule has 9 heteroatoms. The smallest absolute Gasteiger partial charge is 0.238 e. The van der Waals surface area contributed by atoms with Gasteiger partial charge in [0.25, 0.3) is 0 Å². The Hall–Kier alpha value is -3.17. The molecular weight excluding hydrogens is 430 g/mol. The highest BCUT2D eigenvalue weighted by Gasteiger charge is 2.33. The maximum atomic E-state index is 13.4. The van der Waals surface area contributed by atoms with Crippen molar-refractivity contribution in [3.8, 4) is 5.75 Å². The van der Waals surface area contributed by atoms with Gasteiger partial charge < -0.3 is 4.74 Å². The van der Waals surface area contributed by atoms with Gasteiger partial charge in [-0.25, -0.2) is 4.68 Å². The standard InChI is InChI=1S/C22H19N5O2S2/c28-21(15-31-22-23-24-25-26(22)13-17-9-6-12-30-17)27-18-10-4-5-11-20(18)29-14-19(27)16-7-2-1-3-8-16/h1-12,19H,13-15H2/t19-/m1/s1. The predicted molar refractivity (Wildman–Crippen MR) is 121 cm³/mol. The van der Waals surface area contributed by atoms with Crippen LogP contribution in [0, 0.1) is 0 Å². The minimum absolute atomic E-state index is 0.0136. The van der Waals surface area contributed by atoms with Crippen LogP contribution in [0.3, 0.4) is 0 Å². The number of nitrogens with zero attached hydrogens (tertiary/aromatic N) is 5. The molecule has 1 amide bonds. The summed E-state index contributed by atoms with van der Waals surface area (Å²) < 4.78 is 7.69. The van der Waals surface area contributed by atoms with E-state index in [1.807, 2.05) is 77.0 Å². The molecule has 0 saturated heterocycles. The second kappa shape index (κ2) is 8.91. The summed E-state index contributed by atoms with van der Waals surface area (Å²) >= 11 is 3.00. The van der Waals surface area contributed by atoms with Crippen LogP contribution in [-0.4, -0.2) is 38.5 Å². The zero-order valence-electron chi connectivity index (χ0n) is 16.5. The average Bonchev–Trinajstić information content (AvgIpc) is 3.50. The largest absolute Gasteiger partial charge is 0.489 e. The molecule has 0 radical (unpaired) electrons. The van der Waals surface area contributed by atoms with Gasteiger partial charge >= 0.3 is 0 Å². The summed E-state index contributed by atoms with van der Waals surface area (Å²) in [5.41, 5.74) is 1.82. The van der Waals surface area contributed by atoms with Crippen LogP contribution in [0.1, 0.15) is 16.5 Å². The van der Waals surface area contributed by atoms with E-state index in [4.69, 9.17) is 4.74 Å². The Morgan fingerprint density at radius 2 is 1.94 bits per heavy atom. The number of carbonyl (C=O) groups is 1. The van der Waals surface area contributed by atoms with Crippen LogP contribution in [0.25, 0.3) is 0 Å². The van der Waals surface area contributed by atoms with E-state index in [0.29, 0.717) is 18.3 Å². The van der Waals surface area contributed by atoms with E-state index in [2.05, 4.69) is 15.5 Å². The number of amides is 1. The van der Waals surface area contributed by atoms with E-state index in [1.165, 1.54) is 11.8 Å². The molecule has 0 unspecified atom stereocenters. The zero-order chi connectivity index (χ0) is 21.0. The highest BCUT2D eigenvalue weighted by Crippen LogP contribution is 2.39. The summed E-state index contributed by atoms with van der Waals surface area (Å²) in [5, 5.41) is 14.6. The minimum Gasteiger partial charge on any atom is -0.489 e. The molecule has 1 aliphatic rings. The van der Waals surface area contributed by atoms with Crippen LogP contribution in [0.5, 0.6) is 5.75 Å². The summed E-state index contributed by atoms with van der Waals surface area (Å²) in [6.45, 7) is 1.00. The third-order valence-corrected chi connectivity index (χ3v) is 6.80. The summed E-state index contributed by atoms with van der Waals surface area (Å²) in [6, 6.07) is 21.5. The van der Waals surface area contributed by atoms with Crippen molar-refractivity contribution in [2.45, 2.75) is 17.7 Å². The molecule has 156 valence electrons. The number of tetrazole rings is 1. The first-order valence-electron chi connectivity index (χ1n) is 9.80. The van der Waals surface area contributed by atoms with Crippen molar-refractivity contribution in [2.75, 3.05) is 17.3 Å². The number of para-hydroxylation sites is 2. The molecule has 0 saturated carbocycles. The minimum atomic E-state index is -0.189. The maximum absolute atomic E-state index is 13.4. The van der Waals surface area contributed by atoms with Crippen LogP contribution in [0.4, 0.5) is 5.69 Å². The fraction of sp³-hybridized carbons (Fsp3) is 0.182. The Bertz CT molecular complexity index is 1160. The number of carbonyl (C=O) groups excluding carboxylic acids is 1. The van der Waals surface area contributed by atoms with Crippen LogP contribution in [0.2, 0.25) is 0 Å². The topological polar surface area (TPSA) is 73.1 Å². The van der Waals surface area contributed by atoms with Crippen LogP contribution >= 0.6 is 23.1 Å². The Balaban J connectivity index is 1.37. The molecular formula is C22H19N5O2S2. The third kappa shape index (κ3) is 4.19. The quantitative estimate of drug-likeness (QED) is 0.414. The molecule has 3 heterocycles. The Labute approximate surface area is 187 Å². The van der Waals surface area contributed by atoms with Gasteiger partial charge in [-0.1, -0.05) is 60.3 Å². The lowest BCUT2D eigenvalue weighted by molar-refractivity contribution is -0.117. The maximum Gasteiger partial charge on any atom is 0.238 e. The second-order valence-corrected chi connectivity index (χ2v) is 8.93. The lowest BCUT2D eigenvalue weighted by atomic mass is 10.0. The number of fused-ring (bicyclic) bond motifs is 1. The normalized spacial score (nSPS) is 15.4. The molecule has 1 aliphatic heterocycles. The van der Waals surface area contributed by atoms with Gasteiger partial charge in [0.05, 0.1) is 24.0 Å². The van der Waals surface area contributed by atoms with Gasteiger partial charge in [-0.15, -0.1) is 16.4 Å². The van der Waals surface area contributed by atoms with Gasteiger partial charge in [0.1, 0.15) is 12.4 Å². The van der Waals surface area contributed by atoms with E-state index in [1.54, 1.807) is 16.0 Å². The molecule has 0 bridgehead atoms. The number of ether oxygens (including phenoxy) is 1. The van der Waals surface area contributed by atoms with Crippen LogP contribution in [-0.2, 0) is 11.3 Å². The van der Waals surface area contributed by atoms with Crippen LogP contribution < -0.4 is 9.64 Å². The van der Waals surface area contributed by atoms with Gasteiger partial charge in [-0.2, -0.15) is 0 Å². The highest BCUT2D eigenvalue weighted by molar-refractivity contribution is 7.99. The molecule has 0 spiro atoms. The predicted octanol–water partition coefficient (Wildman–Crippen LogP) is 4.04. The fourth-order valence-corrected chi connectivity index (χ4v) is 4.98. The first-order valence-corrected chi connectivity index (χ1v) is 11.7. The van der Waals surface area contributed by atoms with Crippen molar-refractivity contribution in [1.82, 2.24) is 20.2 Å². The molecule has 2 aromatic carbocycles. The van der Waals surface area contributed by atoms with E-state index in [9.17, 15) is 4.79 Å². The van der Waals surface area contributed by atoms with Crippen molar-refractivity contribution in [1.29, 1.82) is 0 Å². The van der Waals surface area contributed by atoms with Crippen LogP contribution in [0.15, 0.2) is 77.3 Å². The monoisotopic (exact) mass is 449 g/mol. The lowest BCUT2D eigenvalue weighted by Gasteiger charge is -2.37. The van der Waals surface area contributed by atoms with Gasteiger partial charge in [0, 0.05) is 4.88 Å². The number of thiophene rings is 1. The van der Waals surface area contributed by atoms with Gasteiger partial charge in [0.15, 0.2) is 0 Å². The first-order chi connectivity index (χ1) is 15.3. The fourth-order valence-electron chi connectivity index (χ4n) is 3.56. The second-order valence-electron chi connectivity index (χ2n) is 6.96. The number of rotatable bonds is 6. The lowest BCUT2D eigenvalue weighted by Crippen LogP contribution is -2.42.